The zero-order valence-corrected chi connectivity index (χ0v) is 7.64. The highest BCUT2D eigenvalue weighted by Crippen LogP contribution is 2.22. The standard InChI is InChI=1S/C11H18/c1-3-5-6-11-8-7-10(4-2)9-11/h7-10H,3-6H2,1-2H3. The Kier molecular flexibility index (Phi) is 3.41. The van der Waals surface area contributed by atoms with Gasteiger partial charge in [-0.3, -0.25) is 0 Å². The first-order valence-corrected chi connectivity index (χ1v) is 4.75. The number of unbranched alkanes of at least 4 members (excludes halogenated alkanes) is 1. The van der Waals surface area contributed by atoms with Crippen molar-refractivity contribution in [2.24, 2.45) is 5.92 Å². The van der Waals surface area contributed by atoms with Gasteiger partial charge in [-0.2, -0.15) is 0 Å². The van der Waals surface area contributed by atoms with Gasteiger partial charge in [0.15, 0.2) is 0 Å². The summed E-state index contributed by atoms with van der Waals surface area (Å²) in [6, 6.07) is 0. The van der Waals surface area contributed by atoms with E-state index in [0.29, 0.717) is 0 Å². The van der Waals surface area contributed by atoms with Crippen LogP contribution in [0.3, 0.4) is 0 Å². The van der Waals surface area contributed by atoms with Crippen LogP contribution in [0.25, 0.3) is 0 Å². The Morgan fingerprint density at radius 2 is 2.18 bits per heavy atom. The third-order valence-electron chi connectivity index (χ3n) is 2.28. The predicted molar refractivity (Wildman–Crippen MR) is 50.5 cm³/mol. The normalized spacial score (nSPS) is 22.4. The molecule has 0 nitrogen and oxygen atoms in total. The SMILES string of the molecule is CCCCC1=CC(CC)C=C1. The molecule has 0 amide bonds. The van der Waals surface area contributed by atoms with E-state index in [-0.39, 0.29) is 0 Å². The molecule has 0 saturated carbocycles. The lowest BCUT2D eigenvalue weighted by Gasteiger charge is -1.98. The van der Waals surface area contributed by atoms with Gasteiger partial charge in [0, 0.05) is 0 Å². The van der Waals surface area contributed by atoms with Gasteiger partial charge in [0.2, 0.25) is 0 Å². The van der Waals surface area contributed by atoms with Crippen molar-refractivity contribution in [3.8, 4) is 0 Å². The highest BCUT2D eigenvalue weighted by atomic mass is 14.1. The minimum Gasteiger partial charge on any atom is -0.0774 e. The molecule has 0 aromatic rings. The fourth-order valence-electron chi connectivity index (χ4n) is 1.43. The first-order valence-electron chi connectivity index (χ1n) is 4.75. The van der Waals surface area contributed by atoms with E-state index in [4.69, 9.17) is 0 Å². The van der Waals surface area contributed by atoms with Gasteiger partial charge in [0.05, 0.1) is 0 Å². The van der Waals surface area contributed by atoms with E-state index in [1.807, 2.05) is 0 Å². The van der Waals surface area contributed by atoms with Gasteiger partial charge in [-0.15, -0.1) is 0 Å². The summed E-state index contributed by atoms with van der Waals surface area (Å²) >= 11 is 0. The van der Waals surface area contributed by atoms with Crippen molar-refractivity contribution in [1.82, 2.24) is 0 Å². The molecular formula is C11H18. The summed E-state index contributed by atoms with van der Waals surface area (Å²) in [6.45, 7) is 4.49. The minimum atomic E-state index is 0.738. The maximum absolute atomic E-state index is 2.41. The van der Waals surface area contributed by atoms with E-state index >= 15 is 0 Å². The molecule has 0 aromatic heterocycles. The molecule has 0 saturated heterocycles. The molecule has 1 unspecified atom stereocenters. The van der Waals surface area contributed by atoms with Crippen LogP contribution in [-0.2, 0) is 0 Å². The fourth-order valence-corrected chi connectivity index (χ4v) is 1.43. The van der Waals surface area contributed by atoms with Crippen molar-refractivity contribution in [1.29, 1.82) is 0 Å². The van der Waals surface area contributed by atoms with Crippen LogP contribution < -0.4 is 0 Å². The molecule has 0 heterocycles. The van der Waals surface area contributed by atoms with E-state index < -0.39 is 0 Å². The van der Waals surface area contributed by atoms with Crippen LogP contribution in [-0.4, -0.2) is 0 Å². The molecule has 0 fully saturated rings. The van der Waals surface area contributed by atoms with Crippen LogP contribution in [0.4, 0.5) is 0 Å². The molecule has 1 atom stereocenters. The van der Waals surface area contributed by atoms with Crippen LogP contribution in [0.2, 0.25) is 0 Å². The van der Waals surface area contributed by atoms with Crippen LogP contribution in [0.1, 0.15) is 39.5 Å². The first-order chi connectivity index (χ1) is 5.36. The van der Waals surface area contributed by atoms with Gasteiger partial charge in [-0.1, -0.05) is 44.1 Å². The third kappa shape index (κ3) is 2.53. The average molecular weight is 150 g/mol. The monoisotopic (exact) mass is 150 g/mol. The summed E-state index contributed by atoms with van der Waals surface area (Å²) in [5.74, 6) is 0.738. The lowest BCUT2D eigenvalue weighted by atomic mass is 10.1. The zero-order valence-electron chi connectivity index (χ0n) is 7.64. The number of allylic oxidation sites excluding steroid dienone is 4. The smallest absolute Gasteiger partial charge is 0.00471 e. The summed E-state index contributed by atoms with van der Waals surface area (Å²) in [5.41, 5.74) is 1.55. The van der Waals surface area contributed by atoms with E-state index in [0.717, 1.165) is 5.92 Å². The minimum absolute atomic E-state index is 0.738. The van der Waals surface area contributed by atoms with Gasteiger partial charge in [0.1, 0.15) is 0 Å². The molecule has 1 rings (SSSR count). The second-order valence-corrected chi connectivity index (χ2v) is 3.28. The van der Waals surface area contributed by atoms with Crippen LogP contribution in [0, 0.1) is 5.92 Å². The maximum Gasteiger partial charge on any atom is -0.00471 e. The molecule has 1 aliphatic rings. The van der Waals surface area contributed by atoms with Gasteiger partial charge < -0.3 is 0 Å². The van der Waals surface area contributed by atoms with Crippen molar-refractivity contribution in [2.45, 2.75) is 39.5 Å². The van der Waals surface area contributed by atoms with Gasteiger partial charge in [-0.25, -0.2) is 0 Å². The molecular weight excluding hydrogens is 132 g/mol. The number of hydrogen-bond acceptors (Lipinski definition) is 0. The molecule has 0 radical (unpaired) electrons. The summed E-state index contributed by atoms with van der Waals surface area (Å²) in [4.78, 5) is 0. The largest absolute Gasteiger partial charge is 0.0774 e. The summed E-state index contributed by atoms with van der Waals surface area (Å²) in [6.07, 6.45) is 12.2. The van der Waals surface area contributed by atoms with E-state index in [9.17, 15) is 0 Å². The molecule has 0 spiro atoms. The topological polar surface area (TPSA) is 0 Å². The Morgan fingerprint density at radius 3 is 2.73 bits per heavy atom. The molecule has 0 bridgehead atoms. The Labute approximate surface area is 70.0 Å². The Morgan fingerprint density at radius 1 is 1.36 bits per heavy atom. The van der Waals surface area contributed by atoms with Gasteiger partial charge in [-0.05, 0) is 25.2 Å². The lowest BCUT2D eigenvalue weighted by molar-refractivity contribution is 0.767. The second kappa shape index (κ2) is 4.38. The molecule has 1 aliphatic carbocycles. The quantitative estimate of drug-likeness (QED) is 0.573. The highest BCUT2D eigenvalue weighted by molar-refractivity contribution is 5.28. The van der Waals surface area contributed by atoms with Crippen LogP contribution in [0.5, 0.6) is 0 Å². The Bertz CT molecular complexity index is 163. The van der Waals surface area contributed by atoms with Crippen LogP contribution in [0.15, 0.2) is 23.8 Å². The fraction of sp³-hybridized carbons (Fsp3) is 0.636. The van der Waals surface area contributed by atoms with Crippen molar-refractivity contribution in [2.75, 3.05) is 0 Å². The lowest BCUT2D eigenvalue weighted by Crippen LogP contribution is -1.83. The average Bonchev–Trinajstić information content (AvgIpc) is 2.48. The van der Waals surface area contributed by atoms with E-state index in [2.05, 4.69) is 32.1 Å². The Balaban J connectivity index is 2.31. The van der Waals surface area contributed by atoms with Crippen molar-refractivity contribution in [3.05, 3.63) is 23.8 Å². The second-order valence-electron chi connectivity index (χ2n) is 3.28. The summed E-state index contributed by atoms with van der Waals surface area (Å²) in [7, 11) is 0. The number of hydrogen-bond donors (Lipinski definition) is 0. The van der Waals surface area contributed by atoms with E-state index in [1.165, 1.54) is 25.7 Å². The van der Waals surface area contributed by atoms with Gasteiger partial charge in [0.25, 0.3) is 0 Å². The van der Waals surface area contributed by atoms with Crippen molar-refractivity contribution in [3.63, 3.8) is 0 Å². The summed E-state index contributed by atoms with van der Waals surface area (Å²) < 4.78 is 0. The van der Waals surface area contributed by atoms with E-state index in [1.54, 1.807) is 5.57 Å². The molecule has 0 aromatic carbocycles. The molecule has 0 N–H and O–H groups in total. The first kappa shape index (κ1) is 8.58. The maximum atomic E-state index is 2.41. The zero-order chi connectivity index (χ0) is 8.10. The molecule has 11 heavy (non-hydrogen) atoms. The summed E-state index contributed by atoms with van der Waals surface area (Å²) in [5, 5.41) is 0. The predicted octanol–water partition coefficient (Wildman–Crippen LogP) is 3.70. The van der Waals surface area contributed by atoms with Crippen LogP contribution >= 0.6 is 0 Å². The van der Waals surface area contributed by atoms with Gasteiger partial charge >= 0.3 is 0 Å². The third-order valence-corrected chi connectivity index (χ3v) is 2.28. The van der Waals surface area contributed by atoms with Crippen molar-refractivity contribution < 1.29 is 0 Å². The molecule has 0 aliphatic heterocycles. The molecule has 62 valence electrons. The Hall–Kier alpha value is -0.520. The number of rotatable bonds is 4. The van der Waals surface area contributed by atoms with Crippen molar-refractivity contribution >= 4 is 0 Å². The molecule has 0 heteroatoms. The highest BCUT2D eigenvalue weighted by Gasteiger charge is 2.05.